The van der Waals surface area contributed by atoms with Crippen molar-refractivity contribution in [1.82, 2.24) is 0 Å². The van der Waals surface area contributed by atoms with Crippen molar-refractivity contribution in [2.24, 2.45) is 0 Å². The van der Waals surface area contributed by atoms with Crippen LogP contribution in [0.4, 0.5) is 0 Å². The van der Waals surface area contributed by atoms with Gasteiger partial charge in [-0.05, 0) is 30.7 Å². The van der Waals surface area contributed by atoms with Crippen molar-refractivity contribution in [3.8, 4) is 0 Å². The standard InChI is InChI=1S/C17H24O9S2/c18-9-13-14(20)15(21)16(22)17(26-13)27-8-2-1-3-12(19)10-4-6-11(7-5-10)28(23,24)25/h4-7,13-18,20-22H,1-3,8-9H2,(H,23,24,25). The van der Waals surface area contributed by atoms with E-state index in [0.717, 1.165) is 12.1 Å². The van der Waals surface area contributed by atoms with Gasteiger partial charge >= 0.3 is 0 Å². The number of ketones is 1. The molecule has 1 aliphatic rings. The fourth-order valence-corrected chi connectivity index (χ4v) is 4.41. The van der Waals surface area contributed by atoms with Gasteiger partial charge in [0.05, 0.1) is 11.5 Å². The van der Waals surface area contributed by atoms with Crippen LogP contribution >= 0.6 is 11.8 Å². The van der Waals surface area contributed by atoms with E-state index in [1.165, 1.54) is 23.9 Å². The molecule has 1 aliphatic heterocycles. The Kier molecular flexibility index (Phi) is 8.40. The van der Waals surface area contributed by atoms with Crippen LogP contribution in [-0.2, 0) is 14.9 Å². The SMILES string of the molecule is O=C(CCCCSC1OC(CO)C(O)C(O)C1O)c1ccc(S(=O)(=O)O)cc1. The number of carbonyl (C=O) groups is 1. The van der Waals surface area contributed by atoms with E-state index in [0.29, 0.717) is 24.2 Å². The molecule has 5 atom stereocenters. The Balaban J connectivity index is 1.74. The quantitative estimate of drug-likeness (QED) is 0.199. The van der Waals surface area contributed by atoms with Crippen LogP contribution in [0.3, 0.4) is 0 Å². The van der Waals surface area contributed by atoms with Crippen molar-refractivity contribution in [3.63, 3.8) is 0 Å². The molecule has 1 saturated heterocycles. The lowest BCUT2D eigenvalue weighted by Gasteiger charge is -2.39. The molecule has 1 heterocycles. The Hall–Kier alpha value is -1.05. The Morgan fingerprint density at radius 2 is 1.68 bits per heavy atom. The van der Waals surface area contributed by atoms with Crippen LogP contribution in [0.5, 0.6) is 0 Å². The molecule has 11 heteroatoms. The maximum absolute atomic E-state index is 12.1. The molecule has 0 amide bonds. The smallest absolute Gasteiger partial charge is 0.294 e. The monoisotopic (exact) mass is 436 g/mol. The minimum Gasteiger partial charge on any atom is -0.394 e. The summed E-state index contributed by atoms with van der Waals surface area (Å²) in [6.07, 6.45) is -3.62. The van der Waals surface area contributed by atoms with Gasteiger partial charge in [-0.2, -0.15) is 8.42 Å². The van der Waals surface area contributed by atoms with Gasteiger partial charge in [-0.1, -0.05) is 12.1 Å². The van der Waals surface area contributed by atoms with E-state index >= 15 is 0 Å². The van der Waals surface area contributed by atoms with Crippen LogP contribution < -0.4 is 0 Å². The zero-order valence-corrected chi connectivity index (χ0v) is 16.6. The predicted octanol–water partition coefficient (Wildman–Crippen LogP) is -0.181. The zero-order valence-electron chi connectivity index (χ0n) is 14.9. The lowest BCUT2D eigenvalue weighted by molar-refractivity contribution is -0.205. The fraction of sp³-hybridized carbons (Fsp3) is 0.588. The molecular formula is C17H24O9S2. The molecule has 9 nitrogen and oxygen atoms in total. The number of aliphatic hydroxyl groups is 4. The molecule has 5 unspecified atom stereocenters. The third kappa shape index (κ3) is 5.97. The number of benzene rings is 1. The summed E-state index contributed by atoms with van der Waals surface area (Å²) < 4.78 is 36.3. The molecule has 0 bridgehead atoms. The van der Waals surface area contributed by atoms with E-state index in [1.807, 2.05) is 0 Å². The number of hydrogen-bond donors (Lipinski definition) is 5. The van der Waals surface area contributed by atoms with Crippen LogP contribution in [0.1, 0.15) is 29.6 Å². The zero-order chi connectivity index (χ0) is 20.9. The number of ether oxygens (including phenoxy) is 1. The highest BCUT2D eigenvalue weighted by Crippen LogP contribution is 2.29. The first-order chi connectivity index (χ1) is 13.1. The van der Waals surface area contributed by atoms with Crippen molar-refractivity contribution < 1.29 is 42.9 Å². The molecule has 0 radical (unpaired) electrons. The summed E-state index contributed by atoms with van der Waals surface area (Å²) in [7, 11) is -4.29. The van der Waals surface area contributed by atoms with Crippen molar-refractivity contribution in [2.75, 3.05) is 12.4 Å². The van der Waals surface area contributed by atoms with Crippen LogP contribution in [0, 0.1) is 0 Å². The number of rotatable bonds is 9. The molecule has 2 rings (SSSR count). The lowest BCUT2D eigenvalue weighted by atomic mass is 10.0. The van der Waals surface area contributed by atoms with E-state index in [9.17, 15) is 28.5 Å². The van der Waals surface area contributed by atoms with Gasteiger partial charge < -0.3 is 25.2 Å². The molecule has 1 fully saturated rings. The Bertz CT molecular complexity index is 748. The molecule has 1 aromatic rings. The van der Waals surface area contributed by atoms with Crippen LogP contribution in [0.15, 0.2) is 29.2 Å². The van der Waals surface area contributed by atoms with E-state index in [4.69, 9.17) is 14.4 Å². The number of unbranched alkanes of at least 4 members (excludes halogenated alkanes) is 1. The second-order valence-electron chi connectivity index (χ2n) is 6.45. The van der Waals surface area contributed by atoms with Gasteiger partial charge in [0.1, 0.15) is 29.9 Å². The van der Waals surface area contributed by atoms with Crippen molar-refractivity contribution in [1.29, 1.82) is 0 Å². The minimum absolute atomic E-state index is 0.167. The maximum atomic E-state index is 12.1. The molecular weight excluding hydrogens is 412 g/mol. The van der Waals surface area contributed by atoms with Crippen LogP contribution in [-0.4, -0.2) is 81.4 Å². The molecule has 0 aliphatic carbocycles. The Morgan fingerprint density at radius 3 is 2.25 bits per heavy atom. The first kappa shape index (κ1) is 23.2. The molecule has 0 saturated carbocycles. The first-order valence-electron chi connectivity index (χ1n) is 8.68. The Morgan fingerprint density at radius 1 is 1.04 bits per heavy atom. The van der Waals surface area contributed by atoms with E-state index in [2.05, 4.69) is 0 Å². The Labute approximate surface area is 167 Å². The average molecular weight is 437 g/mol. The van der Waals surface area contributed by atoms with Crippen molar-refractivity contribution >= 4 is 27.7 Å². The third-order valence-corrected chi connectivity index (χ3v) is 6.51. The molecule has 28 heavy (non-hydrogen) atoms. The van der Waals surface area contributed by atoms with Gasteiger partial charge in [0, 0.05) is 12.0 Å². The molecule has 0 aromatic heterocycles. The summed E-state index contributed by atoms with van der Waals surface area (Å²) in [4.78, 5) is 11.8. The molecule has 158 valence electrons. The van der Waals surface area contributed by atoms with Gasteiger partial charge in [0.2, 0.25) is 0 Å². The average Bonchev–Trinajstić information content (AvgIpc) is 2.66. The normalized spacial score (nSPS) is 28.2. The highest BCUT2D eigenvalue weighted by molar-refractivity contribution is 7.99. The second kappa shape index (κ2) is 10.1. The van der Waals surface area contributed by atoms with Gasteiger partial charge in [-0.25, -0.2) is 0 Å². The van der Waals surface area contributed by atoms with Gasteiger partial charge in [0.15, 0.2) is 5.78 Å². The maximum Gasteiger partial charge on any atom is 0.294 e. The van der Waals surface area contributed by atoms with Crippen LogP contribution in [0.25, 0.3) is 0 Å². The molecule has 1 aromatic carbocycles. The van der Waals surface area contributed by atoms with Crippen molar-refractivity contribution in [2.45, 2.75) is 54.0 Å². The molecule has 0 spiro atoms. The summed E-state index contributed by atoms with van der Waals surface area (Å²) in [5.74, 6) is 0.359. The van der Waals surface area contributed by atoms with Gasteiger partial charge in [0.25, 0.3) is 10.1 Å². The number of carbonyl (C=O) groups excluding carboxylic acids is 1. The highest BCUT2D eigenvalue weighted by Gasteiger charge is 2.43. The predicted molar refractivity (Wildman–Crippen MR) is 101 cm³/mol. The summed E-state index contributed by atoms with van der Waals surface area (Å²) in [5.41, 5.74) is -0.451. The van der Waals surface area contributed by atoms with E-state index in [1.54, 1.807) is 0 Å². The second-order valence-corrected chi connectivity index (χ2v) is 9.08. The lowest BCUT2D eigenvalue weighted by Crippen LogP contribution is -2.57. The number of thioether (sulfide) groups is 1. The summed E-state index contributed by atoms with van der Waals surface area (Å²) in [6.45, 7) is -0.479. The van der Waals surface area contributed by atoms with Gasteiger partial charge in [-0.3, -0.25) is 9.35 Å². The van der Waals surface area contributed by atoms with Crippen molar-refractivity contribution in [3.05, 3.63) is 29.8 Å². The highest BCUT2D eigenvalue weighted by atomic mass is 32.2. The van der Waals surface area contributed by atoms with Crippen LogP contribution in [0.2, 0.25) is 0 Å². The summed E-state index contributed by atoms with van der Waals surface area (Å²) in [5, 5.41) is 38.6. The minimum atomic E-state index is -4.29. The number of hydrogen-bond acceptors (Lipinski definition) is 9. The third-order valence-electron chi connectivity index (χ3n) is 4.40. The summed E-state index contributed by atoms with van der Waals surface area (Å²) in [6, 6.07) is 5.01. The molecule has 5 N–H and O–H groups in total. The number of aliphatic hydroxyl groups excluding tert-OH is 4. The largest absolute Gasteiger partial charge is 0.394 e. The number of Topliss-reactive ketones (excluding diaryl/α,β-unsaturated/α-hetero) is 1. The van der Waals surface area contributed by atoms with E-state index < -0.39 is 46.6 Å². The first-order valence-corrected chi connectivity index (χ1v) is 11.2. The fourth-order valence-electron chi connectivity index (χ4n) is 2.75. The topological polar surface area (TPSA) is 162 Å². The van der Waals surface area contributed by atoms with Gasteiger partial charge in [-0.15, -0.1) is 11.8 Å². The summed E-state index contributed by atoms with van der Waals surface area (Å²) >= 11 is 1.22. The van der Waals surface area contributed by atoms with E-state index in [-0.39, 0.29) is 17.1 Å².